The molecule has 0 amide bonds. The fourth-order valence-corrected chi connectivity index (χ4v) is 2.88. The SMILES string of the molecule is Nc1ccncc1S(=O)(=O)NCCc1cc(F)cc(F)c1. The van der Waals surface area contributed by atoms with Gasteiger partial charge in [0.25, 0.3) is 0 Å². The first-order valence-electron chi connectivity index (χ1n) is 6.02. The number of nitrogens with one attached hydrogen (secondary N) is 1. The van der Waals surface area contributed by atoms with E-state index in [9.17, 15) is 17.2 Å². The van der Waals surface area contributed by atoms with Gasteiger partial charge in [-0.1, -0.05) is 0 Å². The Hall–Kier alpha value is -2.06. The molecule has 21 heavy (non-hydrogen) atoms. The van der Waals surface area contributed by atoms with Crippen LogP contribution in [0.3, 0.4) is 0 Å². The van der Waals surface area contributed by atoms with Crippen molar-refractivity contribution in [1.82, 2.24) is 9.71 Å². The molecule has 0 aliphatic heterocycles. The Morgan fingerprint density at radius 3 is 2.48 bits per heavy atom. The van der Waals surface area contributed by atoms with Crippen LogP contribution in [0.15, 0.2) is 41.6 Å². The summed E-state index contributed by atoms with van der Waals surface area (Å²) >= 11 is 0. The summed E-state index contributed by atoms with van der Waals surface area (Å²) in [5.41, 5.74) is 6.00. The Bertz CT molecular complexity index is 731. The van der Waals surface area contributed by atoms with Gasteiger partial charge in [0.2, 0.25) is 10.0 Å². The molecular formula is C13H13F2N3O2S. The van der Waals surface area contributed by atoms with Gasteiger partial charge in [-0.05, 0) is 30.2 Å². The molecule has 0 aliphatic carbocycles. The first kappa shape index (κ1) is 15.3. The van der Waals surface area contributed by atoms with Gasteiger partial charge in [-0.2, -0.15) is 0 Å². The predicted octanol–water partition coefficient (Wildman–Crippen LogP) is 1.46. The van der Waals surface area contributed by atoms with E-state index >= 15 is 0 Å². The van der Waals surface area contributed by atoms with Crippen molar-refractivity contribution < 1.29 is 17.2 Å². The number of nitrogens with zero attached hydrogens (tertiary/aromatic N) is 1. The fourth-order valence-electron chi connectivity index (χ4n) is 1.78. The number of benzene rings is 1. The van der Waals surface area contributed by atoms with E-state index in [1.54, 1.807) is 0 Å². The van der Waals surface area contributed by atoms with Gasteiger partial charge in [0.05, 0.1) is 5.69 Å². The fraction of sp³-hybridized carbons (Fsp3) is 0.154. The molecule has 2 aromatic rings. The lowest BCUT2D eigenvalue weighted by Gasteiger charge is -2.08. The van der Waals surface area contributed by atoms with Crippen LogP contribution in [0, 0.1) is 11.6 Å². The highest BCUT2D eigenvalue weighted by Gasteiger charge is 2.16. The van der Waals surface area contributed by atoms with E-state index in [1.165, 1.54) is 12.3 Å². The number of sulfonamides is 1. The Balaban J connectivity index is 2.04. The van der Waals surface area contributed by atoms with Crippen molar-refractivity contribution in [3.63, 3.8) is 0 Å². The van der Waals surface area contributed by atoms with Crippen molar-refractivity contribution in [2.24, 2.45) is 0 Å². The summed E-state index contributed by atoms with van der Waals surface area (Å²) in [5, 5.41) is 0. The normalized spacial score (nSPS) is 11.5. The second kappa shape index (κ2) is 6.15. The summed E-state index contributed by atoms with van der Waals surface area (Å²) in [5.74, 6) is -1.41. The van der Waals surface area contributed by atoms with Crippen LogP contribution in [-0.2, 0) is 16.4 Å². The molecule has 0 bridgehead atoms. The third-order valence-corrected chi connectivity index (χ3v) is 4.24. The molecule has 0 saturated carbocycles. The van der Waals surface area contributed by atoms with Crippen molar-refractivity contribution >= 4 is 15.7 Å². The second-order valence-electron chi connectivity index (χ2n) is 4.34. The summed E-state index contributed by atoms with van der Waals surface area (Å²) in [7, 11) is -3.81. The molecule has 0 aliphatic rings. The molecule has 0 atom stereocenters. The summed E-state index contributed by atoms with van der Waals surface area (Å²) in [4.78, 5) is 3.57. The standard InChI is InChI=1S/C13H13F2N3O2S/c14-10-5-9(6-11(15)7-10)1-4-18-21(19,20)13-8-17-3-2-12(13)16/h2-3,5-8,18H,1,4H2,(H2,16,17). The zero-order valence-electron chi connectivity index (χ0n) is 10.9. The maximum absolute atomic E-state index is 13.0. The van der Waals surface area contributed by atoms with Crippen LogP contribution in [0.1, 0.15) is 5.56 Å². The summed E-state index contributed by atoms with van der Waals surface area (Å²) in [6, 6.07) is 4.42. The Kier molecular flexibility index (Phi) is 4.49. The van der Waals surface area contributed by atoms with E-state index in [1.807, 2.05) is 0 Å². The number of hydrogen-bond acceptors (Lipinski definition) is 4. The van der Waals surface area contributed by atoms with Crippen LogP contribution in [0.25, 0.3) is 0 Å². The van der Waals surface area contributed by atoms with E-state index < -0.39 is 21.7 Å². The number of aromatic nitrogens is 1. The average molecular weight is 313 g/mol. The van der Waals surface area contributed by atoms with E-state index in [-0.39, 0.29) is 23.5 Å². The molecule has 0 spiro atoms. The zero-order chi connectivity index (χ0) is 15.5. The predicted molar refractivity (Wildman–Crippen MR) is 73.9 cm³/mol. The van der Waals surface area contributed by atoms with E-state index in [4.69, 9.17) is 5.73 Å². The van der Waals surface area contributed by atoms with Crippen molar-refractivity contribution in [1.29, 1.82) is 0 Å². The summed E-state index contributed by atoms with van der Waals surface area (Å²) in [6.07, 6.45) is 2.66. The molecule has 1 aromatic heterocycles. The van der Waals surface area contributed by atoms with Gasteiger partial charge in [-0.3, -0.25) is 4.98 Å². The maximum Gasteiger partial charge on any atom is 0.244 e. The minimum absolute atomic E-state index is 0.0143. The molecule has 1 heterocycles. The monoisotopic (exact) mass is 313 g/mol. The molecule has 0 fully saturated rings. The lowest BCUT2D eigenvalue weighted by molar-refractivity contribution is 0.576. The largest absolute Gasteiger partial charge is 0.398 e. The molecule has 3 N–H and O–H groups in total. The van der Waals surface area contributed by atoms with Crippen LogP contribution >= 0.6 is 0 Å². The van der Waals surface area contributed by atoms with Gasteiger partial charge in [0.15, 0.2) is 0 Å². The molecule has 8 heteroatoms. The first-order chi connectivity index (χ1) is 9.88. The minimum Gasteiger partial charge on any atom is -0.398 e. The smallest absolute Gasteiger partial charge is 0.244 e. The quantitative estimate of drug-likeness (QED) is 0.875. The van der Waals surface area contributed by atoms with Crippen LogP contribution in [-0.4, -0.2) is 19.9 Å². The molecule has 0 radical (unpaired) electrons. The van der Waals surface area contributed by atoms with Crippen molar-refractivity contribution in [2.75, 3.05) is 12.3 Å². The third kappa shape index (κ3) is 3.96. The molecule has 5 nitrogen and oxygen atoms in total. The number of nitrogens with two attached hydrogens (primary N) is 1. The third-order valence-electron chi connectivity index (χ3n) is 2.73. The summed E-state index contributed by atoms with van der Waals surface area (Å²) in [6.45, 7) is -0.0143. The van der Waals surface area contributed by atoms with Gasteiger partial charge in [0, 0.05) is 25.0 Å². The highest BCUT2D eigenvalue weighted by molar-refractivity contribution is 7.89. The van der Waals surface area contributed by atoms with E-state index in [2.05, 4.69) is 9.71 Å². The van der Waals surface area contributed by atoms with Crippen molar-refractivity contribution in [3.05, 3.63) is 53.9 Å². The van der Waals surface area contributed by atoms with Crippen LogP contribution in [0.4, 0.5) is 14.5 Å². The highest BCUT2D eigenvalue weighted by atomic mass is 32.2. The lowest BCUT2D eigenvalue weighted by atomic mass is 10.1. The first-order valence-corrected chi connectivity index (χ1v) is 7.51. The number of anilines is 1. The second-order valence-corrected chi connectivity index (χ2v) is 6.07. The Labute approximate surface area is 120 Å². The van der Waals surface area contributed by atoms with E-state index in [0.717, 1.165) is 24.4 Å². The number of rotatable bonds is 5. The number of pyridine rings is 1. The van der Waals surface area contributed by atoms with Crippen molar-refractivity contribution in [3.8, 4) is 0 Å². The van der Waals surface area contributed by atoms with Crippen LogP contribution in [0.2, 0.25) is 0 Å². The number of hydrogen-bond donors (Lipinski definition) is 2. The highest BCUT2D eigenvalue weighted by Crippen LogP contribution is 2.15. The maximum atomic E-state index is 13.0. The topological polar surface area (TPSA) is 85.1 Å². The zero-order valence-corrected chi connectivity index (χ0v) is 11.7. The Morgan fingerprint density at radius 1 is 1.19 bits per heavy atom. The molecule has 0 saturated heterocycles. The van der Waals surface area contributed by atoms with Crippen LogP contribution < -0.4 is 10.5 Å². The molecule has 1 aromatic carbocycles. The Morgan fingerprint density at radius 2 is 1.86 bits per heavy atom. The van der Waals surface area contributed by atoms with E-state index in [0.29, 0.717) is 5.56 Å². The van der Waals surface area contributed by atoms with Gasteiger partial charge < -0.3 is 5.73 Å². The van der Waals surface area contributed by atoms with Gasteiger partial charge in [0.1, 0.15) is 16.5 Å². The van der Waals surface area contributed by atoms with Crippen molar-refractivity contribution in [2.45, 2.75) is 11.3 Å². The molecule has 112 valence electrons. The summed E-state index contributed by atoms with van der Waals surface area (Å²) < 4.78 is 52.3. The van der Waals surface area contributed by atoms with Gasteiger partial charge >= 0.3 is 0 Å². The molecular weight excluding hydrogens is 300 g/mol. The number of nitrogen functional groups attached to an aromatic ring is 1. The van der Waals surface area contributed by atoms with Gasteiger partial charge in [-0.25, -0.2) is 21.9 Å². The lowest BCUT2D eigenvalue weighted by Crippen LogP contribution is -2.26. The van der Waals surface area contributed by atoms with Gasteiger partial charge in [-0.15, -0.1) is 0 Å². The molecule has 0 unspecified atom stereocenters. The molecule has 2 rings (SSSR count). The number of halogens is 2. The average Bonchev–Trinajstić information content (AvgIpc) is 2.37. The minimum atomic E-state index is -3.81. The van der Waals surface area contributed by atoms with Crippen LogP contribution in [0.5, 0.6) is 0 Å².